The maximum Gasteiger partial charge on any atom is 0.119 e. The van der Waals surface area contributed by atoms with Crippen LogP contribution in [0.3, 0.4) is 0 Å². The van der Waals surface area contributed by atoms with E-state index in [1.807, 2.05) is 6.07 Å². The Balaban J connectivity index is 1.71. The van der Waals surface area contributed by atoms with Crippen molar-refractivity contribution in [1.29, 1.82) is 0 Å². The van der Waals surface area contributed by atoms with Crippen LogP contribution < -0.4 is 10.1 Å². The summed E-state index contributed by atoms with van der Waals surface area (Å²) in [4.78, 5) is 2.30. The van der Waals surface area contributed by atoms with E-state index in [0.717, 1.165) is 38.0 Å². The summed E-state index contributed by atoms with van der Waals surface area (Å²) in [7, 11) is 2.14. The van der Waals surface area contributed by atoms with E-state index in [-0.39, 0.29) is 0 Å². The van der Waals surface area contributed by atoms with Gasteiger partial charge in [0.25, 0.3) is 0 Å². The first-order chi connectivity index (χ1) is 9.28. The largest absolute Gasteiger partial charge is 0.492 e. The van der Waals surface area contributed by atoms with Gasteiger partial charge in [0.1, 0.15) is 12.4 Å². The maximum absolute atomic E-state index is 5.82. The third kappa shape index (κ3) is 5.62. The van der Waals surface area contributed by atoms with Gasteiger partial charge in [0.2, 0.25) is 0 Å². The molecule has 3 nitrogen and oxygen atoms in total. The fourth-order valence-corrected chi connectivity index (χ4v) is 2.11. The molecule has 0 atom stereocenters. The Labute approximate surface area is 116 Å². The Kier molecular flexibility index (Phi) is 5.67. The SMILES string of the molecule is CCCN(C)CCOc1cccc(CNC2CC2)c1. The number of nitrogens with one attached hydrogen (secondary N) is 1. The van der Waals surface area contributed by atoms with E-state index in [9.17, 15) is 0 Å². The van der Waals surface area contributed by atoms with Gasteiger partial charge in [-0.2, -0.15) is 0 Å². The first kappa shape index (κ1) is 14.4. The minimum absolute atomic E-state index is 0.757. The topological polar surface area (TPSA) is 24.5 Å². The van der Waals surface area contributed by atoms with Crippen LogP contribution in [-0.2, 0) is 6.54 Å². The van der Waals surface area contributed by atoms with E-state index in [1.54, 1.807) is 0 Å². The van der Waals surface area contributed by atoms with Crippen molar-refractivity contribution >= 4 is 0 Å². The van der Waals surface area contributed by atoms with Gasteiger partial charge in [0, 0.05) is 19.1 Å². The summed E-state index contributed by atoms with van der Waals surface area (Å²) >= 11 is 0. The van der Waals surface area contributed by atoms with Crippen LogP contribution in [-0.4, -0.2) is 37.7 Å². The number of rotatable bonds is 9. The number of benzene rings is 1. The van der Waals surface area contributed by atoms with Crippen molar-refractivity contribution in [1.82, 2.24) is 10.2 Å². The zero-order valence-electron chi connectivity index (χ0n) is 12.2. The summed E-state index contributed by atoms with van der Waals surface area (Å²) in [6, 6.07) is 9.18. The average molecular weight is 262 g/mol. The van der Waals surface area contributed by atoms with Crippen LogP contribution in [0.15, 0.2) is 24.3 Å². The molecule has 1 aromatic carbocycles. The molecular formula is C16H26N2O. The molecule has 1 aliphatic carbocycles. The molecule has 1 N–H and O–H groups in total. The maximum atomic E-state index is 5.82. The molecule has 106 valence electrons. The van der Waals surface area contributed by atoms with E-state index in [1.165, 1.54) is 24.8 Å². The second-order valence-corrected chi connectivity index (χ2v) is 5.45. The van der Waals surface area contributed by atoms with Crippen LogP contribution in [0.2, 0.25) is 0 Å². The summed E-state index contributed by atoms with van der Waals surface area (Å²) < 4.78 is 5.82. The third-order valence-corrected chi connectivity index (χ3v) is 3.42. The lowest BCUT2D eigenvalue weighted by atomic mass is 10.2. The van der Waals surface area contributed by atoms with E-state index >= 15 is 0 Å². The van der Waals surface area contributed by atoms with Crippen molar-refractivity contribution in [3.8, 4) is 5.75 Å². The quantitative estimate of drug-likeness (QED) is 0.740. The molecular weight excluding hydrogens is 236 g/mol. The predicted molar refractivity (Wildman–Crippen MR) is 79.6 cm³/mol. The molecule has 2 rings (SSSR count). The van der Waals surface area contributed by atoms with Crippen molar-refractivity contribution in [3.05, 3.63) is 29.8 Å². The van der Waals surface area contributed by atoms with Crippen molar-refractivity contribution < 1.29 is 4.74 Å². The minimum Gasteiger partial charge on any atom is -0.492 e. The van der Waals surface area contributed by atoms with Crippen molar-refractivity contribution in [2.24, 2.45) is 0 Å². The second-order valence-electron chi connectivity index (χ2n) is 5.45. The number of likely N-dealkylation sites (N-methyl/N-ethyl adjacent to an activating group) is 1. The minimum atomic E-state index is 0.757. The molecule has 0 spiro atoms. The van der Waals surface area contributed by atoms with Gasteiger partial charge in [-0.1, -0.05) is 19.1 Å². The fourth-order valence-electron chi connectivity index (χ4n) is 2.11. The molecule has 0 aromatic heterocycles. The summed E-state index contributed by atoms with van der Waals surface area (Å²) in [5, 5.41) is 3.53. The number of hydrogen-bond acceptors (Lipinski definition) is 3. The second kappa shape index (κ2) is 7.51. The normalized spacial score (nSPS) is 14.9. The van der Waals surface area contributed by atoms with Crippen LogP contribution in [0.5, 0.6) is 5.75 Å². The fraction of sp³-hybridized carbons (Fsp3) is 0.625. The third-order valence-electron chi connectivity index (χ3n) is 3.42. The molecule has 1 fully saturated rings. The summed E-state index contributed by atoms with van der Waals surface area (Å²) in [6.07, 6.45) is 3.86. The Morgan fingerprint density at radius 2 is 2.16 bits per heavy atom. The van der Waals surface area contributed by atoms with Gasteiger partial charge >= 0.3 is 0 Å². The zero-order chi connectivity index (χ0) is 13.5. The van der Waals surface area contributed by atoms with E-state index in [4.69, 9.17) is 4.74 Å². The highest BCUT2D eigenvalue weighted by molar-refractivity contribution is 5.28. The van der Waals surface area contributed by atoms with Gasteiger partial charge in [-0.25, -0.2) is 0 Å². The molecule has 1 saturated carbocycles. The van der Waals surface area contributed by atoms with Gasteiger partial charge < -0.3 is 15.0 Å². The molecule has 19 heavy (non-hydrogen) atoms. The zero-order valence-corrected chi connectivity index (χ0v) is 12.2. The van der Waals surface area contributed by atoms with Crippen molar-refractivity contribution in [2.75, 3.05) is 26.7 Å². The number of ether oxygens (including phenoxy) is 1. The molecule has 3 heteroatoms. The van der Waals surface area contributed by atoms with Gasteiger partial charge in [-0.3, -0.25) is 0 Å². The van der Waals surface area contributed by atoms with Crippen molar-refractivity contribution in [2.45, 2.75) is 38.8 Å². The summed E-state index contributed by atoms with van der Waals surface area (Å²) in [5.74, 6) is 0.986. The molecule has 1 aromatic rings. The van der Waals surface area contributed by atoms with Gasteiger partial charge in [-0.05, 0) is 50.6 Å². The van der Waals surface area contributed by atoms with Crippen LogP contribution in [0.1, 0.15) is 31.7 Å². The first-order valence-corrected chi connectivity index (χ1v) is 7.41. The van der Waals surface area contributed by atoms with Crippen LogP contribution in [0.25, 0.3) is 0 Å². The van der Waals surface area contributed by atoms with Crippen LogP contribution in [0, 0.1) is 0 Å². The molecule has 0 radical (unpaired) electrons. The lowest BCUT2D eigenvalue weighted by molar-refractivity contribution is 0.237. The highest BCUT2D eigenvalue weighted by Crippen LogP contribution is 2.20. The van der Waals surface area contributed by atoms with E-state index in [0.29, 0.717) is 0 Å². The Bertz CT molecular complexity index is 377. The number of hydrogen-bond donors (Lipinski definition) is 1. The molecule has 0 aliphatic heterocycles. The lowest BCUT2D eigenvalue weighted by Crippen LogP contribution is -2.24. The Morgan fingerprint density at radius 1 is 1.32 bits per heavy atom. The highest BCUT2D eigenvalue weighted by Gasteiger charge is 2.19. The molecule has 0 amide bonds. The molecule has 0 saturated heterocycles. The molecule has 0 unspecified atom stereocenters. The predicted octanol–water partition coefficient (Wildman–Crippen LogP) is 2.66. The monoisotopic (exact) mass is 262 g/mol. The Hall–Kier alpha value is -1.06. The summed E-state index contributed by atoms with van der Waals surface area (Å²) in [6.45, 7) is 6.04. The van der Waals surface area contributed by atoms with E-state index < -0.39 is 0 Å². The number of nitrogens with zero attached hydrogens (tertiary/aromatic N) is 1. The average Bonchev–Trinajstić information content (AvgIpc) is 3.21. The van der Waals surface area contributed by atoms with Crippen LogP contribution >= 0.6 is 0 Å². The van der Waals surface area contributed by atoms with Gasteiger partial charge in [0.05, 0.1) is 0 Å². The van der Waals surface area contributed by atoms with Gasteiger partial charge in [0.15, 0.2) is 0 Å². The molecule has 0 heterocycles. The van der Waals surface area contributed by atoms with Crippen molar-refractivity contribution in [3.63, 3.8) is 0 Å². The Morgan fingerprint density at radius 3 is 2.89 bits per heavy atom. The highest BCUT2D eigenvalue weighted by atomic mass is 16.5. The lowest BCUT2D eigenvalue weighted by Gasteiger charge is -2.16. The van der Waals surface area contributed by atoms with Gasteiger partial charge in [-0.15, -0.1) is 0 Å². The smallest absolute Gasteiger partial charge is 0.119 e. The summed E-state index contributed by atoms with van der Waals surface area (Å²) in [5.41, 5.74) is 1.31. The van der Waals surface area contributed by atoms with E-state index in [2.05, 4.69) is 42.4 Å². The first-order valence-electron chi connectivity index (χ1n) is 7.41. The van der Waals surface area contributed by atoms with Crippen LogP contribution in [0.4, 0.5) is 0 Å². The molecule has 0 bridgehead atoms. The standard InChI is InChI=1S/C16H26N2O/c1-3-9-18(2)10-11-19-16-6-4-5-14(12-16)13-17-15-7-8-15/h4-6,12,15,17H,3,7-11,13H2,1-2H3. The molecule has 1 aliphatic rings.